The molecule has 3 heteroatoms. The van der Waals surface area contributed by atoms with Crippen molar-refractivity contribution in [2.24, 2.45) is 11.3 Å². The molecule has 0 aromatic heterocycles. The predicted molar refractivity (Wildman–Crippen MR) is 72.3 cm³/mol. The monoisotopic (exact) mass is 248 g/mol. The summed E-state index contributed by atoms with van der Waals surface area (Å²) in [4.78, 5) is 10.0. The van der Waals surface area contributed by atoms with Crippen LogP contribution in [0.25, 0.3) is 0 Å². The molecular weight excluding hydrogens is 219 g/mol. The quantitative estimate of drug-likeness (QED) is 0.702. The molecule has 0 saturated heterocycles. The van der Waals surface area contributed by atoms with Crippen molar-refractivity contribution in [1.29, 1.82) is 0 Å². The molecule has 0 fully saturated rings. The second kappa shape index (κ2) is 6.21. The third-order valence-electron chi connectivity index (χ3n) is 2.93. The van der Waals surface area contributed by atoms with E-state index in [1.54, 1.807) is 0 Å². The maximum absolute atomic E-state index is 12.2. The molecule has 0 spiro atoms. The first kappa shape index (κ1) is 16.2. The maximum Gasteiger partial charge on any atom is 0.203 e. The van der Waals surface area contributed by atoms with Gasteiger partial charge in [0.05, 0.1) is 0 Å². The Morgan fingerprint density at radius 3 is 2.12 bits per heavy atom. The van der Waals surface area contributed by atoms with Gasteiger partial charge >= 0.3 is 0 Å². The van der Waals surface area contributed by atoms with Crippen molar-refractivity contribution in [3.63, 3.8) is 0 Å². The first-order valence-corrected chi connectivity index (χ1v) is 8.31. The van der Waals surface area contributed by atoms with Crippen LogP contribution in [0.5, 0.6) is 0 Å². The molecule has 0 bridgehead atoms. The average molecular weight is 248 g/mol. The van der Waals surface area contributed by atoms with E-state index in [-0.39, 0.29) is 11.1 Å². The van der Waals surface area contributed by atoms with Gasteiger partial charge in [0.15, 0.2) is 0 Å². The third-order valence-corrected chi connectivity index (χ3v) is 5.71. The Bertz CT molecular complexity index is 243. The van der Waals surface area contributed by atoms with E-state index >= 15 is 0 Å². The summed E-state index contributed by atoms with van der Waals surface area (Å²) >= 11 is 0. The van der Waals surface area contributed by atoms with E-state index < -0.39 is 7.37 Å². The highest BCUT2D eigenvalue weighted by atomic mass is 31.2. The summed E-state index contributed by atoms with van der Waals surface area (Å²) in [6, 6.07) is 0. The number of rotatable bonds is 6. The summed E-state index contributed by atoms with van der Waals surface area (Å²) in [6.45, 7) is 12.6. The first-order valence-electron chi connectivity index (χ1n) is 6.40. The van der Waals surface area contributed by atoms with E-state index in [0.29, 0.717) is 12.1 Å². The normalized spacial score (nSPS) is 20.2. The lowest BCUT2D eigenvalue weighted by Crippen LogP contribution is -2.17. The van der Waals surface area contributed by atoms with Crippen molar-refractivity contribution in [3.8, 4) is 0 Å². The number of hydrogen-bond donors (Lipinski definition) is 1. The van der Waals surface area contributed by atoms with Crippen LogP contribution in [0.2, 0.25) is 0 Å². The minimum absolute atomic E-state index is 0.0417. The highest BCUT2D eigenvalue weighted by Crippen LogP contribution is 2.50. The largest absolute Gasteiger partial charge is 0.344 e. The Balaban J connectivity index is 4.30. The second-order valence-corrected chi connectivity index (χ2v) is 9.20. The van der Waals surface area contributed by atoms with Gasteiger partial charge in [0.1, 0.15) is 0 Å². The minimum Gasteiger partial charge on any atom is -0.344 e. The fourth-order valence-corrected chi connectivity index (χ4v) is 4.40. The van der Waals surface area contributed by atoms with Gasteiger partial charge in [-0.3, -0.25) is 4.57 Å². The highest BCUT2D eigenvalue weighted by molar-refractivity contribution is 7.58. The topological polar surface area (TPSA) is 37.3 Å². The van der Waals surface area contributed by atoms with Crippen molar-refractivity contribution in [2.45, 2.75) is 66.5 Å². The standard InChI is InChI=1S/C13H29O2P/c1-7-8-12(3)16(14,15)10-11(2)9-13(4,5)6/h11-12H,7-10H2,1-6H3,(H,14,15). The van der Waals surface area contributed by atoms with Gasteiger partial charge in [-0.2, -0.15) is 0 Å². The Kier molecular flexibility index (Phi) is 6.29. The van der Waals surface area contributed by atoms with Gasteiger partial charge < -0.3 is 4.89 Å². The summed E-state index contributed by atoms with van der Waals surface area (Å²) in [5.74, 6) is 0.329. The molecule has 0 amide bonds. The number of hydrogen-bond acceptors (Lipinski definition) is 1. The summed E-state index contributed by atoms with van der Waals surface area (Å²) in [5, 5.41) is 0. The lowest BCUT2D eigenvalue weighted by Gasteiger charge is -2.27. The van der Waals surface area contributed by atoms with Gasteiger partial charge in [0.25, 0.3) is 0 Å². The van der Waals surface area contributed by atoms with Gasteiger partial charge in [-0.15, -0.1) is 0 Å². The van der Waals surface area contributed by atoms with Crippen molar-refractivity contribution in [1.82, 2.24) is 0 Å². The summed E-state index contributed by atoms with van der Waals surface area (Å²) in [5.41, 5.74) is 0.202. The zero-order chi connectivity index (χ0) is 13.0. The Morgan fingerprint density at radius 2 is 1.75 bits per heavy atom. The molecule has 16 heavy (non-hydrogen) atoms. The second-order valence-electron chi connectivity index (χ2n) is 6.45. The predicted octanol–water partition coefficient (Wildman–Crippen LogP) is 4.52. The van der Waals surface area contributed by atoms with Crippen molar-refractivity contribution < 1.29 is 9.46 Å². The smallest absolute Gasteiger partial charge is 0.203 e. The van der Waals surface area contributed by atoms with Crippen LogP contribution in [0.15, 0.2) is 0 Å². The van der Waals surface area contributed by atoms with Crippen LogP contribution >= 0.6 is 7.37 Å². The van der Waals surface area contributed by atoms with Crippen molar-refractivity contribution >= 4 is 7.37 Å². The summed E-state index contributed by atoms with van der Waals surface area (Å²) in [7, 11) is -2.94. The first-order chi connectivity index (χ1) is 7.08. The molecule has 98 valence electrons. The molecule has 0 heterocycles. The average Bonchev–Trinajstić information content (AvgIpc) is 1.99. The fraction of sp³-hybridized carbons (Fsp3) is 1.00. The van der Waals surface area contributed by atoms with E-state index in [1.807, 2.05) is 6.92 Å². The highest BCUT2D eigenvalue weighted by Gasteiger charge is 2.29. The third kappa shape index (κ3) is 6.70. The van der Waals surface area contributed by atoms with Crippen LogP contribution < -0.4 is 0 Å². The van der Waals surface area contributed by atoms with Crippen LogP contribution in [0.4, 0.5) is 0 Å². The Morgan fingerprint density at radius 1 is 1.25 bits per heavy atom. The molecule has 0 aromatic rings. The van der Waals surface area contributed by atoms with Crippen LogP contribution in [0.1, 0.15) is 60.8 Å². The van der Waals surface area contributed by atoms with Crippen molar-refractivity contribution in [3.05, 3.63) is 0 Å². The van der Waals surface area contributed by atoms with E-state index in [2.05, 4.69) is 34.6 Å². The van der Waals surface area contributed by atoms with E-state index in [0.717, 1.165) is 19.3 Å². The molecule has 0 rings (SSSR count). The zero-order valence-electron chi connectivity index (χ0n) is 11.8. The molecule has 0 saturated carbocycles. The minimum atomic E-state index is -2.94. The SMILES string of the molecule is CCCC(C)P(=O)(O)CC(C)CC(C)(C)C. The Labute approximate surface area is 101 Å². The molecule has 0 radical (unpaired) electrons. The fourth-order valence-electron chi connectivity index (χ4n) is 2.36. The van der Waals surface area contributed by atoms with E-state index in [4.69, 9.17) is 0 Å². The Hall–Kier alpha value is 0.190. The molecule has 3 unspecified atom stereocenters. The van der Waals surface area contributed by atoms with E-state index in [1.165, 1.54) is 0 Å². The van der Waals surface area contributed by atoms with Gasteiger partial charge in [-0.1, -0.05) is 48.0 Å². The lowest BCUT2D eigenvalue weighted by molar-refractivity contribution is 0.316. The van der Waals surface area contributed by atoms with Crippen LogP contribution in [-0.2, 0) is 4.57 Å². The molecule has 0 aromatic carbocycles. The molecule has 1 N–H and O–H groups in total. The van der Waals surface area contributed by atoms with Crippen LogP contribution in [-0.4, -0.2) is 16.7 Å². The van der Waals surface area contributed by atoms with Gasteiger partial charge in [-0.25, -0.2) is 0 Å². The summed E-state index contributed by atoms with van der Waals surface area (Å²) in [6.07, 6.45) is 3.33. The molecule has 0 aliphatic rings. The van der Waals surface area contributed by atoms with Crippen molar-refractivity contribution in [2.75, 3.05) is 6.16 Å². The van der Waals surface area contributed by atoms with Gasteiger partial charge in [0.2, 0.25) is 7.37 Å². The molecular formula is C13H29O2P. The van der Waals surface area contributed by atoms with Gasteiger partial charge in [-0.05, 0) is 24.2 Å². The van der Waals surface area contributed by atoms with E-state index in [9.17, 15) is 9.46 Å². The molecule has 0 aliphatic heterocycles. The van der Waals surface area contributed by atoms with Gasteiger partial charge in [0, 0.05) is 11.8 Å². The molecule has 2 nitrogen and oxygen atoms in total. The lowest BCUT2D eigenvalue weighted by atomic mass is 9.86. The maximum atomic E-state index is 12.2. The van der Waals surface area contributed by atoms with Crippen LogP contribution in [0, 0.1) is 11.3 Å². The zero-order valence-corrected chi connectivity index (χ0v) is 12.7. The summed E-state index contributed by atoms with van der Waals surface area (Å²) < 4.78 is 12.2. The molecule has 3 atom stereocenters. The van der Waals surface area contributed by atoms with Crippen LogP contribution in [0.3, 0.4) is 0 Å². The molecule has 0 aliphatic carbocycles.